The number of halogens is 1. The molecular formula is C11H13ClOS. The Kier molecular flexibility index (Phi) is 2.67. The van der Waals surface area contributed by atoms with Gasteiger partial charge < -0.3 is 0 Å². The average molecular weight is 229 g/mol. The summed E-state index contributed by atoms with van der Waals surface area (Å²) in [6.45, 7) is 2.02. The molecule has 0 radical (unpaired) electrons. The Morgan fingerprint density at radius 1 is 1.29 bits per heavy atom. The lowest BCUT2D eigenvalue weighted by molar-refractivity contribution is 0.460. The van der Waals surface area contributed by atoms with Gasteiger partial charge in [0.05, 0.1) is 10.8 Å². The lowest BCUT2D eigenvalue weighted by Gasteiger charge is -2.34. The Morgan fingerprint density at radius 3 is 2.29 bits per heavy atom. The van der Waals surface area contributed by atoms with E-state index in [-0.39, 0.29) is 0 Å². The van der Waals surface area contributed by atoms with Crippen LogP contribution in [0.5, 0.6) is 0 Å². The van der Waals surface area contributed by atoms with Gasteiger partial charge in [-0.3, -0.25) is 4.21 Å². The monoisotopic (exact) mass is 228 g/mol. The quantitative estimate of drug-likeness (QED) is 0.711. The van der Waals surface area contributed by atoms with Crippen LogP contribution in [-0.4, -0.2) is 8.42 Å². The van der Waals surface area contributed by atoms with Crippen molar-refractivity contribution in [2.75, 3.05) is 0 Å². The Bertz CT molecular complexity index is 354. The second-order valence-corrected chi connectivity index (χ2v) is 6.56. The van der Waals surface area contributed by atoms with E-state index < -0.39 is 15.0 Å². The molecular weight excluding hydrogens is 216 g/mol. The minimum absolute atomic E-state index is 0.477. The summed E-state index contributed by atoms with van der Waals surface area (Å²) in [6, 6.07) is 7.78. The highest BCUT2D eigenvalue weighted by molar-refractivity contribution is 7.88. The van der Waals surface area contributed by atoms with E-state index in [1.54, 1.807) is 0 Å². The van der Waals surface area contributed by atoms with Crippen molar-refractivity contribution in [2.24, 2.45) is 0 Å². The Balaban J connectivity index is 2.23. The molecule has 1 aliphatic carbocycles. The number of hydrogen-bond donors (Lipinski definition) is 0. The van der Waals surface area contributed by atoms with Crippen LogP contribution < -0.4 is 0 Å². The van der Waals surface area contributed by atoms with E-state index in [4.69, 9.17) is 11.6 Å². The maximum atomic E-state index is 12.0. The van der Waals surface area contributed by atoms with Crippen molar-refractivity contribution < 1.29 is 4.21 Å². The van der Waals surface area contributed by atoms with Gasteiger partial charge in [0, 0.05) is 4.90 Å². The molecule has 1 aromatic carbocycles. The summed E-state index contributed by atoms with van der Waals surface area (Å²) >= 11 is 6.23. The zero-order valence-corrected chi connectivity index (χ0v) is 9.70. The van der Waals surface area contributed by atoms with Gasteiger partial charge in [0.25, 0.3) is 0 Å². The standard InChI is InChI=1S/C11H13ClOS/c1-9-3-5-10(6-4-9)14(13)11(12)7-2-8-11/h3-6H,2,7-8H2,1H3/t14-/m0/s1. The normalized spacial score (nSPS) is 21.3. The first-order valence-electron chi connectivity index (χ1n) is 4.79. The van der Waals surface area contributed by atoms with E-state index in [2.05, 4.69) is 0 Å². The van der Waals surface area contributed by atoms with Crippen molar-refractivity contribution in [3.63, 3.8) is 0 Å². The van der Waals surface area contributed by atoms with Gasteiger partial charge in [0.2, 0.25) is 0 Å². The van der Waals surface area contributed by atoms with E-state index in [1.807, 2.05) is 31.2 Å². The van der Waals surface area contributed by atoms with Crippen molar-refractivity contribution in [3.05, 3.63) is 29.8 Å². The van der Waals surface area contributed by atoms with E-state index in [9.17, 15) is 4.21 Å². The van der Waals surface area contributed by atoms with Crippen LogP contribution in [0.2, 0.25) is 0 Å². The van der Waals surface area contributed by atoms with Gasteiger partial charge in [-0.25, -0.2) is 0 Å². The molecule has 14 heavy (non-hydrogen) atoms. The third-order valence-electron chi connectivity index (χ3n) is 2.67. The van der Waals surface area contributed by atoms with Crippen LogP contribution in [0.15, 0.2) is 29.2 Å². The molecule has 0 aliphatic heterocycles. The summed E-state index contributed by atoms with van der Waals surface area (Å²) in [7, 11) is -1.05. The molecule has 0 saturated heterocycles. The predicted molar refractivity (Wildman–Crippen MR) is 60.0 cm³/mol. The molecule has 1 fully saturated rings. The Hall–Kier alpha value is -0.340. The average Bonchev–Trinajstić information content (AvgIpc) is 2.14. The maximum absolute atomic E-state index is 12.0. The molecule has 2 rings (SSSR count). The van der Waals surface area contributed by atoms with Gasteiger partial charge >= 0.3 is 0 Å². The van der Waals surface area contributed by atoms with E-state index in [0.29, 0.717) is 0 Å². The molecule has 3 heteroatoms. The molecule has 0 heterocycles. The zero-order valence-electron chi connectivity index (χ0n) is 8.13. The van der Waals surface area contributed by atoms with Crippen molar-refractivity contribution >= 4 is 22.4 Å². The molecule has 1 nitrogen and oxygen atoms in total. The SMILES string of the molecule is Cc1ccc([S@](=O)C2(Cl)CCC2)cc1. The second-order valence-electron chi connectivity index (χ2n) is 3.82. The van der Waals surface area contributed by atoms with Crippen molar-refractivity contribution in [1.82, 2.24) is 0 Å². The van der Waals surface area contributed by atoms with Gasteiger partial charge in [-0.05, 0) is 38.3 Å². The molecule has 0 amide bonds. The zero-order chi connectivity index (χ0) is 10.2. The topological polar surface area (TPSA) is 17.1 Å². The van der Waals surface area contributed by atoms with Crippen molar-refractivity contribution in [2.45, 2.75) is 35.3 Å². The molecule has 1 atom stereocenters. The summed E-state index contributed by atoms with van der Waals surface area (Å²) in [5.74, 6) is 0. The first-order chi connectivity index (χ1) is 6.62. The molecule has 0 aromatic heterocycles. The molecule has 0 bridgehead atoms. The maximum Gasteiger partial charge on any atom is 0.124 e. The summed E-state index contributed by atoms with van der Waals surface area (Å²) in [6.07, 6.45) is 2.84. The Morgan fingerprint density at radius 2 is 1.86 bits per heavy atom. The van der Waals surface area contributed by atoms with Crippen LogP contribution >= 0.6 is 11.6 Å². The summed E-state index contributed by atoms with van der Waals surface area (Å²) in [5.41, 5.74) is 1.18. The van der Waals surface area contributed by atoms with Gasteiger partial charge in [0.15, 0.2) is 0 Å². The fourth-order valence-corrected chi connectivity index (χ4v) is 3.51. The Labute approximate surface area is 91.9 Å². The fourth-order valence-electron chi connectivity index (χ4n) is 1.51. The van der Waals surface area contributed by atoms with Crippen LogP contribution in [-0.2, 0) is 10.8 Å². The van der Waals surface area contributed by atoms with Gasteiger partial charge in [-0.2, -0.15) is 0 Å². The molecule has 0 spiro atoms. The number of hydrogen-bond acceptors (Lipinski definition) is 1. The molecule has 1 aromatic rings. The third-order valence-corrected chi connectivity index (χ3v) is 5.24. The van der Waals surface area contributed by atoms with Crippen LogP contribution in [0, 0.1) is 6.92 Å². The largest absolute Gasteiger partial charge is 0.253 e. The van der Waals surface area contributed by atoms with Crippen molar-refractivity contribution in [1.29, 1.82) is 0 Å². The highest BCUT2D eigenvalue weighted by Crippen LogP contribution is 2.43. The van der Waals surface area contributed by atoms with Gasteiger partial charge in [-0.15, -0.1) is 11.6 Å². The number of aryl methyl sites for hydroxylation is 1. The lowest BCUT2D eigenvalue weighted by atomic mass is 9.99. The van der Waals surface area contributed by atoms with Crippen LogP contribution in [0.3, 0.4) is 0 Å². The molecule has 1 aliphatic rings. The molecule has 0 N–H and O–H groups in total. The second kappa shape index (κ2) is 3.67. The predicted octanol–water partition coefficient (Wildman–Crippen LogP) is 3.22. The first kappa shape index (κ1) is 10.2. The molecule has 0 unspecified atom stereocenters. The first-order valence-corrected chi connectivity index (χ1v) is 6.32. The minimum Gasteiger partial charge on any atom is -0.253 e. The van der Waals surface area contributed by atoms with Gasteiger partial charge in [0.1, 0.15) is 4.21 Å². The molecule has 76 valence electrons. The number of alkyl halides is 1. The summed E-state index contributed by atoms with van der Waals surface area (Å²) in [5, 5.41) is 0. The van der Waals surface area contributed by atoms with Crippen LogP contribution in [0.25, 0.3) is 0 Å². The third kappa shape index (κ3) is 1.73. The highest BCUT2D eigenvalue weighted by Gasteiger charge is 2.41. The summed E-state index contributed by atoms with van der Waals surface area (Å²) in [4.78, 5) is 0.852. The molecule has 1 saturated carbocycles. The van der Waals surface area contributed by atoms with Crippen molar-refractivity contribution in [3.8, 4) is 0 Å². The summed E-state index contributed by atoms with van der Waals surface area (Å²) < 4.78 is 11.6. The van der Waals surface area contributed by atoms with Crippen LogP contribution in [0.1, 0.15) is 24.8 Å². The smallest absolute Gasteiger partial charge is 0.124 e. The van der Waals surface area contributed by atoms with E-state index in [0.717, 1.165) is 24.2 Å². The number of rotatable bonds is 2. The highest BCUT2D eigenvalue weighted by atomic mass is 35.5. The fraction of sp³-hybridized carbons (Fsp3) is 0.455. The lowest BCUT2D eigenvalue weighted by Crippen LogP contribution is -2.35. The van der Waals surface area contributed by atoms with E-state index in [1.165, 1.54) is 5.56 Å². The van der Waals surface area contributed by atoms with Gasteiger partial charge in [-0.1, -0.05) is 17.7 Å². The van der Waals surface area contributed by atoms with E-state index >= 15 is 0 Å². The minimum atomic E-state index is -1.05. The van der Waals surface area contributed by atoms with Crippen LogP contribution in [0.4, 0.5) is 0 Å². The number of benzene rings is 1.